The molecule has 0 saturated heterocycles. The molecule has 0 bridgehead atoms. The summed E-state index contributed by atoms with van der Waals surface area (Å²) in [6.07, 6.45) is 0. The summed E-state index contributed by atoms with van der Waals surface area (Å²) in [5.74, 6) is 5.40. The number of nitrogens with two attached hydrogens (primary N) is 1. The van der Waals surface area contributed by atoms with Gasteiger partial charge in [-0.25, -0.2) is 4.39 Å². The van der Waals surface area contributed by atoms with Gasteiger partial charge in [-0.15, -0.1) is 0 Å². The number of rotatable bonds is 0. The van der Waals surface area contributed by atoms with Crippen molar-refractivity contribution in [3.63, 3.8) is 0 Å². The van der Waals surface area contributed by atoms with Gasteiger partial charge in [-0.05, 0) is 25.1 Å². The summed E-state index contributed by atoms with van der Waals surface area (Å²) in [7, 11) is 0. The quantitative estimate of drug-likeness (QED) is 0.591. The highest BCUT2D eigenvalue weighted by atomic mass is 19.1. The number of hydrogen-bond donors (Lipinski definition) is 1. The van der Waals surface area contributed by atoms with Gasteiger partial charge in [0.05, 0.1) is 5.52 Å². The molecule has 2 nitrogen and oxygen atoms in total. The van der Waals surface area contributed by atoms with Crippen LogP contribution in [-0.4, -0.2) is 4.68 Å². The van der Waals surface area contributed by atoms with Crippen LogP contribution in [0.2, 0.25) is 0 Å². The zero-order valence-electron chi connectivity index (χ0n) is 6.71. The minimum Gasteiger partial charge on any atom is -0.339 e. The first-order valence-corrected chi connectivity index (χ1v) is 3.71. The smallest absolute Gasteiger partial charge is 0.125 e. The van der Waals surface area contributed by atoms with Crippen molar-refractivity contribution in [2.75, 3.05) is 5.84 Å². The largest absolute Gasteiger partial charge is 0.339 e. The molecule has 2 N–H and O–H groups in total. The predicted molar refractivity (Wildman–Crippen MR) is 46.8 cm³/mol. The van der Waals surface area contributed by atoms with Gasteiger partial charge in [0.1, 0.15) is 5.82 Å². The summed E-state index contributed by atoms with van der Waals surface area (Å²) in [6, 6.07) is 6.51. The van der Waals surface area contributed by atoms with Crippen LogP contribution in [0.5, 0.6) is 0 Å². The topological polar surface area (TPSA) is 30.9 Å². The van der Waals surface area contributed by atoms with E-state index in [-0.39, 0.29) is 5.82 Å². The molecule has 0 radical (unpaired) electrons. The molecule has 3 heteroatoms. The third-order valence-electron chi connectivity index (χ3n) is 2.00. The molecule has 0 saturated carbocycles. The molecule has 0 aliphatic rings. The van der Waals surface area contributed by atoms with Crippen LogP contribution in [-0.2, 0) is 0 Å². The summed E-state index contributed by atoms with van der Waals surface area (Å²) in [6.45, 7) is 1.89. The van der Waals surface area contributed by atoms with Crippen molar-refractivity contribution in [1.29, 1.82) is 0 Å². The van der Waals surface area contributed by atoms with Gasteiger partial charge < -0.3 is 5.84 Å². The first-order valence-electron chi connectivity index (χ1n) is 3.71. The molecule has 0 aliphatic carbocycles. The summed E-state index contributed by atoms with van der Waals surface area (Å²) >= 11 is 0. The summed E-state index contributed by atoms with van der Waals surface area (Å²) in [4.78, 5) is 0. The molecule has 12 heavy (non-hydrogen) atoms. The standard InChI is InChI=1S/C9H9FN2/c1-6-4-7-2-3-8(10)5-9(7)12(6)11/h2-5H,11H2,1H3. The molecular formula is C9H9FN2. The van der Waals surface area contributed by atoms with Crippen molar-refractivity contribution < 1.29 is 4.39 Å². The van der Waals surface area contributed by atoms with Gasteiger partial charge in [0.2, 0.25) is 0 Å². The minimum atomic E-state index is -0.257. The Bertz CT molecular complexity index is 431. The number of aromatic nitrogens is 1. The van der Waals surface area contributed by atoms with E-state index in [1.54, 1.807) is 6.07 Å². The number of nitrogen functional groups attached to an aromatic ring is 1. The Morgan fingerprint density at radius 2 is 2.08 bits per heavy atom. The molecule has 1 aromatic carbocycles. The fraction of sp³-hybridized carbons (Fsp3) is 0.111. The van der Waals surface area contributed by atoms with Crippen molar-refractivity contribution in [3.8, 4) is 0 Å². The van der Waals surface area contributed by atoms with Crippen LogP contribution in [0.1, 0.15) is 5.69 Å². The number of nitrogens with zero attached hydrogens (tertiary/aromatic N) is 1. The Morgan fingerprint density at radius 1 is 1.33 bits per heavy atom. The van der Waals surface area contributed by atoms with Gasteiger partial charge >= 0.3 is 0 Å². The Morgan fingerprint density at radius 3 is 2.83 bits per heavy atom. The van der Waals surface area contributed by atoms with Crippen LogP contribution in [0.3, 0.4) is 0 Å². The summed E-state index contributed by atoms with van der Waals surface area (Å²) < 4.78 is 14.2. The van der Waals surface area contributed by atoms with Crippen LogP contribution in [0.15, 0.2) is 24.3 Å². The third-order valence-corrected chi connectivity index (χ3v) is 2.00. The Kier molecular flexibility index (Phi) is 1.33. The van der Waals surface area contributed by atoms with E-state index in [1.165, 1.54) is 16.8 Å². The molecular weight excluding hydrogens is 155 g/mol. The average molecular weight is 164 g/mol. The van der Waals surface area contributed by atoms with Crippen LogP contribution in [0.25, 0.3) is 10.9 Å². The first kappa shape index (κ1) is 7.16. The maximum absolute atomic E-state index is 12.8. The molecule has 0 spiro atoms. The molecule has 1 heterocycles. The van der Waals surface area contributed by atoms with E-state index in [1.807, 2.05) is 13.0 Å². The Hall–Kier alpha value is -1.51. The third kappa shape index (κ3) is 0.863. The van der Waals surface area contributed by atoms with Crippen LogP contribution in [0.4, 0.5) is 4.39 Å². The van der Waals surface area contributed by atoms with Gasteiger partial charge in [0.15, 0.2) is 0 Å². The monoisotopic (exact) mass is 164 g/mol. The molecule has 2 aromatic rings. The maximum Gasteiger partial charge on any atom is 0.125 e. The molecule has 62 valence electrons. The highest BCUT2D eigenvalue weighted by Crippen LogP contribution is 2.17. The van der Waals surface area contributed by atoms with E-state index in [2.05, 4.69) is 0 Å². The van der Waals surface area contributed by atoms with Gasteiger partial charge in [-0.3, -0.25) is 4.68 Å². The lowest BCUT2D eigenvalue weighted by Crippen LogP contribution is -2.08. The van der Waals surface area contributed by atoms with Crippen LogP contribution < -0.4 is 5.84 Å². The zero-order valence-corrected chi connectivity index (χ0v) is 6.71. The molecule has 0 fully saturated rings. The van der Waals surface area contributed by atoms with Gasteiger partial charge in [0, 0.05) is 17.1 Å². The second kappa shape index (κ2) is 2.24. The van der Waals surface area contributed by atoms with Crippen molar-refractivity contribution >= 4 is 10.9 Å². The highest BCUT2D eigenvalue weighted by Gasteiger charge is 2.02. The van der Waals surface area contributed by atoms with Crippen molar-refractivity contribution in [1.82, 2.24) is 4.68 Å². The molecule has 2 rings (SSSR count). The number of halogens is 1. The second-order valence-electron chi connectivity index (χ2n) is 2.86. The number of hydrogen-bond acceptors (Lipinski definition) is 1. The lowest BCUT2D eigenvalue weighted by Gasteiger charge is -1.97. The van der Waals surface area contributed by atoms with E-state index in [0.717, 1.165) is 16.6 Å². The first-order chi connectivity index (χ1) is 5.68. The zero-order chi connectivity index (χ0) is 8.72. The van der Waals surface area contributed by atoms with E-state index in [4.69, 9.17) is 5.84 Å². The highest BCUT2D eigenvalue weighted by molar-refractivity contribution is 5.81. The van der Waals surface area contributed by atoms with E-state index in [9.17, 15) is 4.39 Å². The molecule has 0 unspecified atom stereocenters. The fourth-order valence-electron chi connectivity index (χ4n) is 1.33. The van der Waals surface area contributed by atoms with E-state index in [0.29, 0.717) is 0 Å². The Balaban J connectivity index is 2.88. The molecule has 0 amide bonds. The number of benzene rings is 1. The molecule has 1 aromatic heterocycles. The SMILES string of the molecule is Cc1cc2ccc(F)cc2n1N. The second-order valence-corrected chi connectivity index (χ2v) is 2.86. The summed E-state index contributed by atoms with van der Waals surface area (Å²) in [5.41, 5.74) is 1.66. The molecule has 0 aliphatic heterocycles. The summed E-state index contributed by atoms with van der Waals surface area (Å²) in [5, 5.41) is 0.969. The van der Waals surface area contributed by atoms with Gasteiger partial charge in [-0.1, -0.05) is 0 Å². The lowest BCUT2D eigenvalue weighted by atomic mass is 10.2. The van der Waals surface area contributed by atoms with Gasteiger partial charge in [0.25, 0.3) is 0 Å². The average Bonchev–Trinajstić information content (AvgIpc) is 2.31. The van der Waals surface area contributed by atoms with Crippen molar-refractivity contribution in [3.05, 3.63) is 35.8 Å². The number of aryl methyl sites for hydroxylation is 1. The lowest BCUT2D eigenvalue weighted by molar-refractivity contribution is 0.629. The fourth-order valence-corrected chi connectivity index (χ4v) is 1.33. The molecule has 0 atom stereocenters. The van der Waals surface area contributed by atoms with Crippen molar-refractivity contribution in [2.24, 2.45) is 0 Å². The van der Waals surface area contributed by atoms with Gasteiger partial charge in [-0.2, -0.15) is 0 Å². The van der Waals surface area contributed by atoms with Crippen LogP contribution in [0, 0.1) is 12.7 Å². The van der Waals surface area contributed by atoms with E-state index >= 15 is 0 Å². The van der Waals surface area contributed by atoms with Crippen molar-refractivity contribution in [2.45, 2.75) is 6.92 Å². The normalized spacial score (nSPS) is 10.8. The minimum absolute atomic E-state index is 0.257. The Labute approximate surface area is 69.4 Å². The van der Waals surface area contributed by atoms with E-state index < -0.39 is 0 Å². The number of fused-ring (bicyclic) bond motifs is 1. The predicted octanol–water partition coefficient (Wildman–Crippen LogP) is 1.80. The van der Waals surface area contributed by atoms with Crippen LogP contribution >= 0.6 is 0 Å². The maximum atomic E-state index is 12.8.